The lowest BCUT2D eigenvalue weighted by Gasteiger charge is -2.01. The molecule has 0 saturated carbocycles. The third-order valence-corrected chi connectivity index (χ3v) is 3.93. The molecule has 0 fully saturated rings. The lowest BCUT2D eigenvalue weighted by molar-refractivity contribution is 1.22. The van der Waals surface area contributed by atoms with Crippen LogP contribution in [-0.2, 0) is 0 Å². The molecule has 2 nitrogen and oxygen atoms in total. The molecule has 4 heteroatoms. The van der Waals surface area contributed by atoms with Gasteiger partial charge in [0.15, 0.2) is 0 Å². The van der Waals surface area contributed by atoms with Crippen molar-refractivity contribution in [1.82, 2.24) is 0 Å². The van der Waals surface area contributed by atoms with Gasteiger partial charge >= 0.3 is 0 Å². The largest absolute Gasteiger partial charge is 0.155 e. The molecule has 0 unspecified atom stereocenters. The zero-order chi connectivity index (χ0) is 14.5. The van der Waals surface area contributed by atoms with E-state index in [2.05, 4.69) is 42.1 Å². The van der Waals surface area contributed by atoms with E-state index in [-0.39, 0.29) is 0 Å². The van der Waals surface area contributed by atoms with Crippen LogP contribution in [0.4, 0.5) is 0 Å². The van der Waals surface area contributed by atoms with Gasteiger partial charge in [-0.3, -0.25) is 0 Å². The maximum absolute atomic E-state index is 4.30. The van der Waals surface area contributed by atoms with Crippen LogP contribution in [0, 0.1) is 0 Å². The van der Waals surface area contributed by atoms with E-state index >= 15 is 0 Å². The first kappa shape index (κ1) is 15.1. The van der Waals surface area contributed by atoms with E-state index in [1.165, 1.54) is 0 Å². The van der Waals surface area contributed by atoms with Gasteiger partial charge in [-0.1, -0.05) is 56.1 Å². The van der Waals surface area contributed by atoms with Crippen molar-refractivity contribution in [3.8, 4) is 0 Å². The lowest BCUT2D eigenvalue weighted by Crippen LogP contribution is -1.96. The van der Waals surface area contributed by atoms with Crippen LogP contribution >= 0.6 is 31.9 Å². The van der Waals surface area contributed by atoms with Crippen LogP contribution in [0.5, 0.6) is 0 Å². The standard InChI is InChI=1S/C16H14Br2N2/c1-11(13-3-7-15(17)8-4-13)19-20-12(2)14-5-9-16(18)10-6-14/h3-10H,1-2H3/b19-11-,20-12+. The predicted molar refractivity (Wildman–Crippen MR) is 92.7 cm³/mol. The van der Waals surface area contributed by atoms with Crippen LogP contribution in [0.3, 0.4) is 0 Å². The van der Waals surface area contributed by atoms with Crippen LogP contribution in [0.15, 0.2) is 67.7 Å². The fourth-order valence-electron chi connectivity index (χ4n) is 1.65. The minimum absolute atomic E-state index is 0.897. The summed E-state index contributed by atoms with van der Waals surface area (Å²) in [5.74, 6) is 0. The summed E-state index contributed by atoms with van der Waals surface area (Å²) in [6, 6.07) is 16.1. The van der Waals surface area contributed by atoms with Crippen molar-refractivity contribution in [3.05, 3.63) is 68.6 Å². The van der Waals surface area contributed by atoms with Gasteiger partial charge in [-0.25, -0.2) is 0 Å². The van der Waals surface area contributed by atoms with Crippen LogP contribution in [0.2, 0.25) is 0 Å². The highest BCUT2D eigenvalue weighted by molar-refractivity contribution is 9.10. The van der Waals surface area contributed by atoms with E-state index in [9.17, 15) is 0 Å². The normalized spacial score (nSPS) is 12.6. The number of benzene rings is 2. The van der Waals surface area contributed by atoms with Crippen molar-refractivity contribution in [1.29, 1.82) is 0 Å². The van der Waals surface area contributed by atoms with Crippen LogP contribution < -0.4 is 0 Å². The van der Waals surface area contributed by atoms with E-state index in [1.807, 2.05) is 62.4 Å². The molecule has 0 amide bonds. The monoisotopic (exact) mass is 392 g/mol. The average molecular weight is 394 g/mol. The molecular weight excluding hydrogens is 380 g/mol. The molecule has 0 atom stereocenters. The third-order valence-electron chi connectivity index (χ3n) is 2.87. The first-order chi connectivity index (χ1) is 9.56. The zero-order valence-electron chi connectivity index (χ0n) is 11.3. The molecule has 2 rings (SSSR count). The van der Waals surface area contributed by atoms with Gasteiger partial charge in [-0.2, -0.15) is 10.2 Å². The van der Waals surface area contributed by atoms with Crippen molar-refractivity contribution < 1.29 is 0 Å². The number of halogens is 2. The van der Waals surface area contributed by atoms with Gasteiger partial charge in [-0.15, -0.1) is 0 Å². The van der Waals surface area contributed by atoms with Crippen molar-refractivity contribution in [3.63, 3.8) is 0 Å². The molecule has 0 N–H and O–H groups in total. The maximum Gasteiger partial charge on any atom is 0.0671 e. The highest BCUT2D eigenvalue weighted by atomic mass is 79.9. The van der Waals surface area contributed by atoms with Gasteiger partial charge < -0.3 is 0 Å². The summed E-state index contributed by atoms with van der Waals surface area (Å²) < 4.78 is 2.12. The van der Waals surface area contributed by atoms with Gasteiger partial charge in [0, 0.05) is 8.95 Å². The Morgan fingerprint density at radius 3 is 1.25 bits per heavy atom. The second kappa shape index (κ2) is 6.95. The summed E-state index contributed by atoms with van der Waals surface area (Å²) in [6.07, 6.45) is 0. The Labute approximate surface area is 135 Å². The number of rotatable bonds is 3. The quantitative estimate of drug-likeness (QED) is 0.489. The fourth-order valence-corrected chi connectivity index (χ4v) is 2.18. The first-order valence-electron chi connectivity index (χ1n) is 6.17. The molecule has 0 heterocycles. The number of hydrogen-bond donors (Lipinski definition) is 0. The van der Waals surface area contributed by atoms with Crippen molar-refractivity contribution in [2.24, 2.45) is 10.2 Å². The second-order valence-electron chi connectivity index (χ2n) is 4.38. The highest BCUT2D eigenvalue weighted by Gasteiger charge is 1.99. The Bertz CT molecular complexity index is 582. The highest BCUT2D eigenvalue weighted by Crippen LogP contribution is 2.13. The van der Waals surface area contributed by atoms with E-state index in [1.54, 1.807) is 0 Å². The first-order valence-corrected chi connectivity index (χ1v) is 7.75. The SMILES string of the molecule is C/C(=N/N=C(\C)c1ccc(Br)cc1)c1ccc(Br)cc1. The van der Waals surface area contributed by atoms with Crippen molar-refractivity contribution >= 4 is 43.3 Å². The molecule has 2 aromatic rings. The molecule has 0 aliphatic heterocycles. The van der Waals surface area contributed by atoms with E-state index in [0.717, 1.165) is 31.5 Å². The summed E-state index contributed by atoms with van der Waals surface area (Å²) in [5.41, 5.74) is 3.93. The molecule has 0 saturated heterocycles. The molecule has 0 aliphatic carbocycles. The van der Waals surface area contributed by atoms with Gasteiger partial charge in [0.2, 0.25) is 0 Å². The maximum atomic E-state index is 4.30. The van der Waals surface area contributed by atoms with Crippen molar-refractivity contribution in [2.45, 2.75) is 13.8 Å². The van der Waals surface area contributed by atoms with Crippen LogP contribution in [0.1, 0.15) is 25.0 Å². The summed E-state index contributed by atoms with van der Waals surface area (Å²) in [4.78, 5) is 0. The van der Waals surface area contributed by atoms with Crippen molar-refractivity contribution in [2.75, 3.05) is 0 Å². The second-order valence-corrected chi connectivity index (χ2v) is 6.22. The van der Waals surface area contributed by atoms with E-state index < -0.39 is 0 Å². The number of nitrogens with zero attached hydrogens (tertiary/aromatic N) is 2. The smallest absolute Gasteiger partial charge is 0.0671 e. The third kappa shape index (κ3) is 4.12. The molecule has 0 bridgehead atoms. The molecule has 0 aromatic heterocycles. The lowest BCUT2D eigenvalue weighted by atomic mass is 10.1. The Balaban J connectivity index is 2.19. The molecule has 0 spiro atoms. The molecule has 0 radical (unpaired) electrons. The topological polar surface area (TPSA) is 24.7 Å². The van der Waals surface area contributed by atoms with E-state index in [0.29, 0.717) is 0 Å². The summed E-state index contributed by atoms with van der Waals surface area (Å²) in [5, 5.41) is 8.60. The Hall–Kier alpha value is -1.26. The Morgan fingerprint density at radius 2 is 0.950 bits per heavy atom. The molecule has 2 aromatic carbocycles. The molecule has 20 heavy (non-hydrogen) atoms. The fraction of sp³-hybridized carbons (Fsp3) is 0.125. The van der Waals surface area contributed by atoms with Gasteiger partial charge in [0.1, 0.15) is 0 Å². The van der Waals surface area contributed by atoms with Gasteiger partial charge in [0.05, 0.1) is 11.4 Å². The Kier molecular flexibility index (Phi) is 5.26. The van der Waals surface area contributed by atoms with E-state index in [4.69, 9.17) is 0 Å². The summed E-state index contributed by atoms with van der Waals surface area (Å²) in [7, 11) is 0. The Morgan fingerprint density at radius 1 is 0.650 bits per heavy atom. The zero-order valence-corrected chi connectivity index (χ0v) is 14.4. The summed E-state index contributed by atoms with van der Waals surface area (Å²) in [6.45, 7) is 3.92. The predicted octanol–water partition coefficient (Wildman–Crippen LogP) is 5.44. The minimum atomic E-state index is 0.897. The average Bonchev–Trinajstić information content (AvgIpc) is 2.46. The number of hydrogen-bond acceptors (Lipinski definition) is 2. The van der Waals surface area contributed by atoms with Gasteiger partial charge in [-0.05, 0) is 49.2 Å². The summed E-state index contributed by atoms with van der Waals surface area (Å²) >= 11 is 6.84. The molecular formula is C16H14Br2N2. The molecule has 102 valence electrons. The van der Waals surface area contributed by atoms with Crippen LogP contribution in [-0.4, -0.2) is 11.4 Å². The minimum Gasteiger partial charge on any atom is -0.155 e. The van der Waals surface area contributed by atoms with Crippen LogP contribution in [0.25, 0.3) is 0 Å². The molecule has 0 aliphatic rings. The van der Waals surface area contributed by atoms with Gasteiger partial charge in [0.25, 0.3) is 0 Å².